The summed E-state index contributed by atoms with van der Waals surface area (Å²) in [5, 5.41) is 21.4. The van der Waals surface area contributed by atoms with Crippen LogP contribution in [-0.4, -0.2) is 59.3 Å². The minimum absolute atomic E-state index is 0.134. The third-order valence-corrected chi connectivity index (χ3v) is 3.91. The van der Waals surface area contributed by atoms with Gasteiger partial charge in [0.2, 0.25) is 11.8 Å². The van der Waals surface area contributed by atoms with Gasteiger partial charge in [-0.2, -0.15) is 0 Å². The van der Waals surface area contributed by atoms with Crippen molar-refractivity contribution in [1.82, 2.24) is 10.2 Å². The maximum atomic E-state index is 12.5. The van der Waals surface area contributed by atoms with Crippen LogP contribution in [0.5, 0.6) is 0 Å². The van der Waals surface area contributed by atoms with Crippen LogP contribution in [0.4, 0.5) is 8.78 Å². The van der Waals surface area contributed by atoms with E-state index in [0.717, 1.165) is 22.8 Å². The predicted octanol–water partition coefficient (Wildman–Crippen LogP) is 0.622. The summed E-state index contributed by atoms with van der Waals surface area (Å²) < 4.78 is 25.1. The monoisotopic (exact) mass is 368 g/mol. The Morgan fingerprint density at radius 1 is 1.31 bits per heavy atom. The molecule has 142 valence electrons. The van der Waals surface area contributed by atoms with Crippen LogP contribution >= 0.6 is 0 Å². The minimum atomic E-state index is -2.80. The number of nitrogens with one attached hydrogen (secondary N) is 1. The van der Waals surface area contributed by atoms with Crippen molar-refractivity contribution in [3.8, 4) is 0 Å². The van der Waals surface area contributed by atoms with Crippen molar-refractivity contribution in [3.63, 3.8) is 0 Å². The second-order valence-corrected chi connectivity index (χ2v) is 6.02. The Labute approximate surface area is 151 Å². The molecule has 0 fully saturated rings. The highest BCUT2D eigenvalue weighted by Gasteiger charge is 2.27. The van der Waals surface area contributed by atoms with Gasteiger partial charge in [0.05, 0.1) is 12.5 Å². The molecule has 1 rings (SSSR count). The predicted molar refractivity (Wildman–Crippen MR) is 94.5 cm³/mol. The van der Waals surface area contributed by atoms with E-state index in [1.165, 1.54) is 0 Å². The molecule has 1 atom stereocenters. The zero-order valence-corrected chi connectivity index (χ0v) is 14.8. The Balaban J connectivity index is 2.78. The molecule has 1 aromatic rings. The SMILES string of the molecule is C=CC(=O)N(CC(=O)NC(Cc1ccc(C)c(C)c1)B(O)O)CC(F)F. The molecule has 0 aromatic heterocycles. The van der Waals surface area contributed by atoms with Gasteiger partial charge in [0.1, 0.15) is 6.54 Å². The van der Waals surface area contributed by atoms with Gasteiger partial charge in [-0.25, -0.2) is 8.78 Å². The van der Waals surface area contributed by atoms with Crippen molar-refractivity contribution >= 4 is 18.9 Å². The van der Waals surface area contributed by atoms with Crippen LogP contribution in [0.1, 0.15) is 16.7 Å². The van der Waals surface area contributed by atoms with Gasteiger partial charge in [-0.15, -0.1) is 0 Å². The molecule has 0 saturated carbocycles. The van der Waals surface area contributed by atoms with Crippen molar-refractivity contribution in [3.05, 3.63) is 47.5 Å². The molecule has 0 heterocycles. The molecule has 0 spiro atoms. The summed E-state index contributed by atoms with van der Waals surface area (Å²) >= 11 is 0. The Bertz CT molecular complexity index is 656. The van der Waals surface area contributed by atoms with Crippen molar-refractivity contribution in [1.29, 1.82) is 0 Å². The molecular weight excluding hydrogens is 345 g/mol. The highest BCUT2D eigenvalue weighted by molar-refractivity contribution is 6.43. The highest BCUT2D eigenvalue weighted by Crippen LogP contribution is 2.12. The number of rotatable bonds is 9. The molecule has 3 N–H and O–H groups in total. The lowest BCUT2D eigenvalue weighted by atomic mass is 9.75. The van der Waals surface area contributed by atoms with Gasteiger partial charge in [0.15, 0.2) is 0 Å². The van der Waals surface area contributed by atoms with E-state index in [1.807, 2.05) is 26.0 Å². The molecule has 2 amide bonds. The first-order valence-corrected chi connectivity index (χ1v) is 8.05. The molecule has 6 nitrogen and oxygen atoms in total. The number of benzene rings is 1. The normalized spacial score (nSPS) is 11.8. The molecule has 26 heavy (non-hydrogen) atoms. The van der Waals surface area contributed by atoms with Crippen LogP contribution < -0.4 is 5.32 Å². The van der Waals surface area contributed by atoms with Gasteiger partial charge < -0.3 is 20.3 Å². The summed E-state index contributed by atoms with van der Waals surface area (Å²) in [6.45, 7) is 5.51. The number of aryl methyl sites for hydroxylation is 2. The Kier molecular flexibility index (Phi) is 8.41. The lowest BCUT2D eigenvalue weighted by Crippen LogP contribution is -2.51. The molecular formula is C17H23BF2N2O4. The zero-order chi connectivity index (χ0) is 19.9. The van der Waals surface area contributed by atoms with Gasteiger partial charge >= 0.3 is 7.12 Å². The maximum absolute atomic E-state index is 12.5. The number of halogens is 2. The molecule has 9 heteroatoms. The number of alkyl halides is 2. The first-order chi connectivity index (χ1) is 12.1. The molecule has 0 radical (unpaired) electrons. The van der Waals surface area contributed by atoms with Gasteiger partial charge in [0.25, 0.3) is 6.43 Å². The van der Waals surface area contributed by atoms with Crippen molar-refractivity contribution in [2.45, 2.75) is 32.6 Å². The maximum Gasteiger partial charge on any atom is 0.475 e. The van der Waals surface area contributed by atoms with E-state index in [1.54, 1.807) is 6.07 Å². The van der Waals surface area contributed by atoms with E-state index >= 15 is 0 Å². The van der Waals surface area contributed by atoms with Crippen LogP contribution in [0.3, 0.4) is 0 Å². The van der Waals surface area contributed by atoms with E-state index in [4.69, 9.17) is 0 Å². The second kappa shape index (κ2) is 10.0. The first-order valence-electron chi connectivity index (χ1n) is 8.05. The summed E-state index contributed by atoms with van der Waals surface area (Å²) in [5.41, 5.74) is 2.86. The molecule has 0 bridgehead atoms. The minimum Gasteiger partial charge on any atom is -0.426 e. The lowest BCUT2D eigenvalue weighted by molar-refractivity contribution is -0.134. The summed E-state index contributed by atoms with van der Waals surface area (Å²) in [7, 11) is -1.85. The summed E-state index contributed by atoms with van der Waals surface area (Å²) in [5.74, 6) is -2.63. The third kappa shape index (κ3) is 6.93. The lowest BCUT2D eigenvalue weighted by Gasteiger charge is -2.23. The largest absolute Gasteiger partial charge is 0.475 e. The molecule has 0 aliphatic carbocycles. The van der Waals surface area contributed by atoms with Gasteiger partial charge in [-0.3, -0.25) is 9.59 Å². The van der Waals surface area contributed by atoms with E-state index in [-0.39, 0.29) is 6.42 Å². The fourth-order valence-corrected chi connectivity index (χ4v) is 2.37. The number of amides is 2. The number of hydrogen-bond acceptors (Lipinski definition) is 4. The van der Waals surface area contributed by atoms with E-state index in [2.05, 4.69) is 11.9 Å². The summed E-state index contributed by atoms with van der Waals surface area (Å²) in [4.78, 5) is 24.3. The Morgan fingerprint density at radius 3 is 2.46 bits per heavy atom. The fraction of sp³-hybridized carbons (Fsp3) is 0.412. The quantitative estimate of drug-likeness (QED) is 0.441. The number of hydrogen-bond donors (Lipinski definition) is 3. The van der Waals surface area contributed by atoms with Crippen LogP contribution in [0.2, 0.25) is 0 Å². The smallest absolute Gasteiger partial charge is 0.426 e. The van der Waals surface area contributed by atoms with Crippen molar-refractivity contribution in [2.75, 3.05) is 13.1 Å². The highest BCUT2D eigenvalue weighted by atomic mass is 19.3. The fourth-order valence-electron chi connectivity index (χ4n) is 2.37. The second-order valence-electron chi connectivity index (χ2n) is 6.02. The topological polar surface area (TPSA) is 89.9 Å². The molecule has 0 aliphatic heterocycles. The number of carbonyl (C=O) groups excluding carboxylic acids is 2. The third-order valence-electron chi connectivity index (χ3n) is 3.91. The Hall–Kier alpha value is -2.26. The van der Waals surface area contributed by atoms with Gasteiger partial charge in [-0.05, 0) is 43.0 Å². The Morgan fingerprint density at radius 2 is 1.96 bits per heavy atom. The van der Waals surface area contributed by atoms with Crippen molar-refractivity contribution in [2.24, 2.45) is 0 Å². The van der Waals surface area contributed by atoms with Crippen molar-refractivity contribution < 1.29 is 28.4 Å². The van der Waals surface area contributed by atoms with Crippen LogP contribution in [0.25, 0.3) is 0 Å². The number of carbonyl (C=O) groups is 2. The average molecular weight is 368 g/mol. The zero-order valence-electron chi connectivity index (χ0n) is 14.8. The standard InChI is InChI=1S/C17H23BF2N2O4/c1-4-17(24)22(9-15(19)20)10-16(23)21-14(18(25)26)8-13-6-5-11(2)12(3)7-13/h4-7,14-15,25-26H,1,8-10H2,2-3H3,(H,21,23). The van der Waals surface area contributed by atoms with Gasteiger partial charge in [-0.1, -0.05) is 24.8 Å². The molecule has 0 saturated heterocycles. The van der Waals surface area contributed by atoms with Gasteiger partial charge in [0, 0.05) is 0 Å². The molecule has 1 unspecified atom stereocenters. The summed E-state index contributed by atoms with van der Waals surface area (Å²) in [6, 6.07) is 5.54. The number of nitrogens with zero attached hydrogens (tertiary/aromatic N) is 1. The molecule has 1 aromatic carbocycles. The first kappa shape index (κ1) is 21.8. The van der Waals surface area contributed by atoms with Crippen LogP contribution in [-0.2, 0) is 16.0 Å². The van der Waals surface area contributed by atoms with E-state index in [0.29, 0.717) is 4.90 Å². The van der Waals surface area contributed by atoms with E-state index < -0.39 is 44.4 Å². The van der Waals surface area contributed by atoms with Crippen LogP contribution in [0.15, 0.2) is 30.9 Å². The summed E-state index contributed by atoms with van der Waals surface area (Å²) in [6.07, 6.45) is -1.83. The average Bonchev–Trinajstić information content (AvgIpc) is 2.55. The van der Waals surface area contributed by atoms with Crippen LogP contribution in [0, 0.1) is 13.8 Å². The van der Waals surface area contributed by atoms with E-state index in [9.17, 15) is 28.4 Å². The molecule has 0 aliphatic rings.